The Kier molecular flexibility index (Phi) is 3.32. The predicted octanol–water partition coefficient (Wildman–Crippen LogP) is 2.08. The third-order valence-corrected chi connectivity index (χ3v) is 4.00. The van der Waals surface area contributed by atoms with Crippen LogP contribution < -0.4 is 11.5 Å². The van der Waals surface area contributed by atoms with Crippen LogP contribution in [-0.4, -0.2) is 4.98 Å². The molecule has 1 heterocycles. The molecule has 0 spiro atoms. The summed E-state index contributed by atoms with van der Waals surface area (Å²) in [5, 5.41) is 0. The van der Waals surface area contributed by atoms with Gasteiger partial charge in [0.2, 0.25) is 0 Å². The first-order chi connectivity index (χ1) is 9.33. The van der Waals surface area contributed by atoms with E-state index in [2.05, 4.69) is 29.2 Å². The van der Waals surface area contributed by atoms with Gasteiger partial charge < -0.3 is 11.5 Å². The molecule has 1 aliphatic rings. The molecule has 0 radical (unpaired) electrons. The number of pyridine rings is 1. The second kappa shape index (κ2) is 5.11. The van der Waals surface area contributed by atoms with E-state index in [1.54, 1.807) is 0 Å². The molecule has 1 unspecified atom stereocenters. The van der Waals surface area contributed by atoms with Gasteiger partial charge >= 0.3 is 0 Å². The normalized spacial score (nSPS) is 17.5. The predicted molar refractivity (Wildman–Crippen MR) is 76.6 cm³/mol. The van der Waals surface area contributed by atoms with Crippen LogP contribution in [0.2, 0.25) is 0 Å². The van der Waals surface area contributed by atoms with Crippen molar-refractivity contribution in [3.05, 3.63) is 64.5 Å². The van der Waals surface area contributed by atoms with E-state index in [1.165, 1.54) is 22.4 Å². The fraction of sp³-hybridized carbons (Fsp3) is 0.312. The lowest BCUT2D eigenvalue weighted by Crippen LogP contribution is -2.08. The number of rotatable bonds is 3. The molecule has 1 aliphatic carbocycles. The molecular formula is C16H19N3. The summed E-state index contributed by atoms with van der Waals surface area (Å²) in [5.74, 6) is 0.376. The highest BCUT2D eigenvalue weighted by Crippen LogP contribution is 2.38. The Morgan fingerprint density at radius 3 is 2.84 bits per heavy atom. The monoisotopic (exact) mass is 253 g/mol. The molecule has 3 nitrogen and oxygen atoms in total. The Morgan fingerprint density at radius 2 is 2.05 bits per heavy atom. The summed E-state index contributed by atoms with van der Waals surface area (Å²) in [6.07, 6.45) is 4.10. The molecule has 98 valence electrons. The highest BCUT2D eigenvalue weighted by molar-refractivity contribution is 5.43. The molecule has 0 fully saturated rings. The second-order valence-electron chi connectivity index (χ2n) is 5.08. The van der Waals surface area contributed by atoms with Crippen LogP contribution in [0.4, 0.5) is 0 Å². The number of hydrogen-bond acceptors (Lipinski definition) is 3. The summed E-state index contributed by atoms with van der Waals surface area (Å²) < 4.78 is 0. The number of nitrogens with two attached hydrogens (primary N) is 2. The van der Waals surface area contributed by atoms with Crippen molar-refractivity contribution in [2.24, 2.45) is 11.5 Å². The van der Waals surface area contributed by atoms with Crippen molar-refractivity contribution < 1.29 is 0 Å². The first-order valence-corrected chi connectivity index (χ1v) is 6.79. The van der Waals surface area contributed by atoms with Crippen molar-refractivity contribution in [2.75, 3.05) is 0 Å². The van der Waals surface area contributed by atoms with Crippen LogP contribution >= 0.6 is 0 Å². The molecule has 19 heavy (non-hydrogen) atoms. The molecular weight excluding hydrogens is 234 g/mol. The highest BCUT2D eigenvalue weighted by atomic mass is 14.7. The summed E-state index contributed by atoms with van der Waals surface area (Å²) in [6.45, 7) is 1.14. The van der Waals surface area contributed by atoms with Gasteiger partial charge in [-0.3, -0.25) is 4.98 Å². The van der Waals surface area contributed by atoms with E-state index in [1.807, 2.05) is 12.3 Å². The van der Waals surface area contributed by atoms with Crippen LogP contribution in [0.5, 0.6) is 0 Å². The van der Waals surface area contributed by atoms with Gasteiger partial charge in [0.15, 0.2) is 0 Å². The number of aromatic nitrogens is 1. The molecule has 0 saturated heterocycles. The largest absolute Gasteiger partial charge is 0.326 e. The molecule has 4 N–H and O–H groups in total. The van der Waals surface area contributed by atoms with Crippen molar-refractivity contribution in [1.82, 2.24) is 4.98 Å². The third kappa shape index (κ3) is 2.15. The lowest BCUT2D eigenvalue weighted by Gasteiger charge is -2.16. The number of fused-ring (bicyclic) bond motifs is 1. The summed E-state index contributed by atoms with van der Waals surface area (Å²) in [5.41, 5.74) is 17.9. The number of aryl methyl sites for hydroxylation is 1. The SMILES string of the molecule is NCc1ccc(CN)c(C2CCc3cccnc32)c1. The van der Waals surface area contributed by atoms with Gasteiger partial charge in [-0.15, -0.1) is 0 Å². The van der Waals surface area contributed by atoms with Crippen LogP contribution in [0.25, 0.3) is 0 Å². The molecule has 1 aromatic heterocycles. The van der Waals surface area contributed by atoms with Gasteiger partial charge in [0, 0.05) is 25.2 Å². The maximum Gasteiger partial charge on any atom is 0.0510 e. The van der Waals surface area contributed by atoms with Crippen molar-refractivity contribution >= 4 is 0 Å². The lowest BCUT2D eigenvalue weighted by molar-refractivity contribution is 0.757. The van der Waals surface area contributed by atoms with Gasteiger partial charge in [-0.25, -0.2) is 0 Å². The molecule has 0 saturated carbocycles. The average molecular weight is 253 g/mol. The van der Waals surface area contributed by atoms with Gasteiger partial charge in [-0.2, -0.15) is 0 Å². The van der Waals surface area contributed by atoms with Gasteiger partial charge in [-0.1, -0.05) is 24.3 Å². The molecule has 1 aromatic carbocycles. The average Bonchev–Trinajstić information content (AvgIpc) is 2.90. The van der Waals surface area contributed by atoms with Crippen LogP contribution in [0.15, 0.2) is 36.5 Å². The highest BCUT2D eigenvalue weighted by Gasteiger charge is 2.26. The topological polar surface area (TPSA) is 64.9 Å². The van der Waals surface area contributed by atoms with Crippen molar-refractivity contribution in [3.63, 3.8) is 0 Å². The van der Waals surface area contributed by atoms with Crippen LogP contribution in [0.3, 0.4) is 0 Å². The van der Waals surface area contributed by atoms with E-state index in [4.69, 9.17) is 11.5 Å². The number of benzene rings is 1. The van der Waals surface area contributed by atoms with Crippen molar-refractivity contribution in [2.45, 2.75) is 31.8 Å². The molecule has 3 heteroatoms. The van der Waals surface area contributed by atoms with E-state index in [0.717, 1.165) is 18.4 Å². The van der Waals surface area contributed by atoms with Crippen molar-refractivity contribution in [1.29, 1.82) is 0 Å². The number of nitrogens with zero attached hydrogens (tertiary/aromatic N) is 1. The Bertz CT molecular complexity index is 592. The minimum atomic E-state index is 0.376. The van der Waals surface area contributed by atoms with Crippen molar-refractivity contribution in [3.8, 4) is 0 Å². The number of hydrogen-bond donors (Lipinski definition) is 2. The summed E-state index contributed by atoms with van der Waals surface area (Å²) in [7, 11) is 0. The standard InChI is InChI=1S/C16H19N3/c17-9-11-3-4-13(10-18)15(8-11)14-6-5-12-2-1-7-19-16(12)14/h1-4,7-8,14H,5-6,9-10,17-18H2. The Morgan fingerprint density at radius 1 is 1.16 bits per heavy atom. The first kappa shape index (κ1) is 12.3. The zero-order valence-corrected chi connectivity index (χ0v) is 11.0. The molecule has 3 rings (SSSR count). The molecule has 1 atom stereocenters. The second-order valence-corrected chi connectivity index (χ2v) is 5.08. The van der Waals surface area contributed by atoms with Gasteiger partial charge in [0.1, 0.15) is 0 Å². The molecule has 2 aromatic rings. The van der Waals surface area contributed by atoms with Crippen LogP contribution in [0, 0.1) is 0 Å². The van der Waals surface area contributed by atoms with E-state index in [0.29, 0.717) is 19.0 Å². The Hall–Kier alpha value is -1.71. The van der Waals surface area contributed by atoms with Crippen LogP contribution in [-0.2, 0) is 19.5 Å². The zero-order valence-electron chi connectivity index (χ0n) is 11.0. The summed E-state index contributed by atoms with van der Waals surface area (Å²) in [4.78, 5) is 4.58. The van der Waals surface area contributed by atoms with E-state index >= 15 is 0 Å². The maximum atomic E-state index is 5.88. The zero-order chi connectivity index (χ0) is 13.2. The minimum Gasteiger partial charge on any atom is -0.326 e. The van der Waals surface area contributed by atoms with Gasteiger partial charge in [0.25, 0.3) is 0 Å². The summed E-state index contributed by atoms with van der Waals surface area (Å²) >= 11 is 0. The first-order valence-electron chi connectivity index (χ1n) is 6.79. The van der Waals surface area contributed by atoms with E-state index in [9.17, 15) is 0 Å². The molecule has 0 bridgehead atoms. The summed E-state index contributed by atoms with van der Waals surface area (Å²) in [6, 6.07) is 10.6. The Balaban J connectivity index is 2.08. The van der Waals surface area contributed by atoms with E-state index < -0.39 is 0 Å². The quantitative estimate of drug-likeness (QED) is 0.880. The fourth-order valence-corrected chi connectivity index (χ4v) is 3.00. The molecule has 0 amide bonds. The maximum absolute atomic E-state index is 5.88. The fourth-order valence-electron chi connectivity index (χ4n) is 3.00. The minimum absolute atomic E-state index is 0.376. The lowest BCUT2D eigenvalue weighted by atomic mass is 9.90. The van der Waals surface area contributed by atoms with E-state index in [-0.39, 0.29) is 0 Å². The molecule has 0 aliphatic heterocycles. The Labute approximate surface area is 113 Å². The van der Waals surface area contributed by atoms with Crippen LogP contribution in [0.1, 0.15) is 40.3 Å². The van der Waals surface area contributed by atoms with Gasteiger partial charge in [0.05, 0.1) is 5.69 Å². The van der Waals surface area contributed by atoms with Gasteiger partial charge in [-0.05, 0) is 41.2 Å². The smallest absolute Gasteiger partial charge is 0.0510 e. The third-order valence-electron chi connectivity index (χ3n) is 4.00.